The Balaban J connectivity index is 1.61. The van der Waals surface area contributed by atoms with Gasteiger partial charge in [-0.3, -0.25) is 9.59 Å². The minimum atomic E-state index is -4.84. The fourth-order valence-electron chi connectivity index (χ4n) is 3.25. The number of imidazole rings is 1. The van der Waals surface area contributed by atoms with Crippen molar-refractivity contribution in [2.24, 2.45) is 0 Å². The minimum Gasteiger partial charge on any atom is -0.322 e. The van der Waals surface area contributed by atoms with Crippen molar-refractivity contribution < 1.29 is 27.2 Å². The summed E-state index contributed by atoms with van der Waals surface area (Å²) >= 11 is 0. The molecule has 0 spiro atoms. The number of halogens is 4. The van der Waals surface area contributed by atoms with Crippen molar-refractivity contribution in [1.29, 1.82) is 0 Å². The number of carbonyl (C=O) groups excluding carboxylic acids is 2. The first-order chi connectivity index (χ1) is 15.6. The number of carbonyl (C=O) groups is 2. The summed E-state index contributed by atoms with van der Waals surface area (Å²) in [6.07, 6.45) is -3.41. The van der Waals surface area contributed by atoms with Crippen molar-refractivity contribution in [3.05, 3.63) is 95.2 Å². The maximum absolute atomic E-state index is 13.8. The maximum atomic E-state index is 13.8. The first-order valence-corrected chi connectivity index (χ1v) is 9.66. The van der Waals surface area contributed by atoms with Gasteiger partial charge >= 0.3 is 6.18 Å². The van der Waals surface area contributed by atoms with Gasteiger partial charge in [-0.25, -0.2) is 9.37 Å². The number of amides is 2. The number of nitrogens with one attached hydrogen (secondary N) is 2. The monoisotopic (exact) mass is 456 g/mol. The lowest BCUT2D eigenvalue weighted by molar-refractivity contribution is -0.136. The van der Waals surface area contributed by atoms with Crippen LogP contribution in [0.25, 0.3) is 5.65 Å². The van der Waals surface area contributed by atoms with Crippen LogP contribution >= 0.6 is 0 Å². The number of benzene rings is 2. The molecule has 2 heterocycles. The van der Waals surface area contributed by atoms with Gasteiger partial charge in [0.25, 0.3) is 11.8 Å². The van der Waals surface area contributed by atoms with Crippen molar-refractivity contribution in [2.45, 2.75) is 13.1 Å². The average Bonchev–Trinajstić information content (AvgIpc) is 3.20. The molecule has 0 radical (unpaired) electrons. The van der Waals surface area contributed by atoms with E-state index in [2.05, 4.69) is 15.6 Å². The molecule has 0 aliphatic rings. The summed E-state index contributed by atoms with van der Waals surface area (Å²) < 4.78 is 56.5. The van der Waals surface area contributed by atoms with E-state index in [1.807, 2.05) is 0 Å². The number of rotatable bonds is 4. The highest BCUT2D eigenvalue weighted by molar-refractivity contribution is 6.06. The summed E-state index contributed by atoms with van der Waals surface area (Å²) in [7, 11) is 0. The predicted octanol–water partition coefficient (Wildman–Crippen LogP) is 5.31. The first-order valence-electron chi connectivity index (χ1n) is 9.66. The van der Waals surface area contributed by atoms with Crippen LogP contribution < -0.4 is 10.6 Å². The fraction of sp³-hybridized carbons (Fsp3) is 0.0870. The Labute approximate surface area is 184 Å². The molecular weight excluding hydrogens is 440 g/mol. The van der Waals surface area contributed by atoms with Gasteiger partial charge < -0.3 is 15.0 Å². The Hall–Kier alpha value is -4.21. The largest absolute Gasteiger partial charge is 0.418 e. The molecule has 33 heavy (non-hydrogen) atoms. The molecule has 4 rings (SSSR count). The summed E-state index contributed by atoms with van der Waals surface area (Å²) in [6.45, 7) is 1.80. The first kappa shape index (κ1) is 22.0. The van der Waals surface area contributed by atoms with Crippen LogP contribution in [0.5, 0.6) is 0 Å². The SMILES string of the molecule is Cc1cccc2nc(C(=O)Nc3ccc(NC(=O)c4ccccc4F)cc3C(F)(F)F)cn12. The van der Waals surface area contributed by atoms with Crippen molar-refractivity contribution in [1.82, 2.24) is 9.38 Å². The van der Waals surface area contributed by atoms with Gasteiger partial charge in [-0.15, -0.1) is 0 Å². The summed E-state index contributed by atoms with van der Waals surface area (Å²) in [5, 5.41) is 4.47. The summed E-state index contributed by atoms with van der Waals surface area (Å²) in [5.41, 5.74) is -1.00. The Morgan fingerprint density at radius 1 is 0.939 bits per heavy atom. The molecule has 0 atom stereocenters. The molecule has 2 N–H and O–H groups in total. The van der Waals surface area contributed by atoms with Gasteiger partial charge in [-0.2, -0.15) is 13.2 Å². The van der Waals surface area contributed by atoms with Crippen LogP contribution in [0.2, 0.25) is 0 Å². The number of fused-ring (bicyclic) bond motifs is 1. The second-order valence-corrected chi connectivity index (χ2v) is 7.17. The molecule has 0 saturated carbocycles. The van der Waals surface area contributed by atoms with Crippen molar-refractivity contribution >= 4 is 28.8 Å². The lowest BCUT2D eigenvalue weighted by Crippen LogP contribution is -2.18. The van der Waals surface area contributed by atoms with Gasteiger partial charge in [0.15, 0.2) is 0 Å². The molecule has 2 amide bonds. The zero-order valence-electron chi connectivity index (χ0n) is 17.1. The number of hydrogen-bond donors (Lipinski definition) is 2. The highest BCUT2D eigenvalue weighted by Gasteiger charge is 2.34. The number of nitrogens with zero attached hydrogens (tertiary/aromatic N) is 2. The molecule has 0 aliphatic heterocycles. The van der Waals surface area contributed by atoms with E-state index in [1.54, 1.807) is 29.5 Å². The van der Waals surface area contributed by atoms with Crippen LogP contribution in [0, 0.1) is 12.7 Å². The zero-order chi connectivity index (χ0) is 23.8. The minimum absolute atomic E-state index is 0.0608. The molecule has 4 aromatic rings. The second-order valence-electron chi connectivity index (χ2n) is 7.17. The van der Waals surface area contributed by atoms with Gasteiger partial charge in [0.1, 0.15) is 17.2 Å². The molecule has 0 aliphatic carbocycles. The number of hydrogen-bond acceptors (Lipinski definition) is 3. The van der Waals surface area contributed by atoms with Crippen LogP contribution in [-0.2, 0) is 6.18 Å². The number of aryl methyl sites for hydroxylation is 1. The highest BCUT2D eigenvalue weighted by Crippen LogP contribution is 2.37. The molecule has 0 unspecified atom stereocenters. The molecule has 168 valence electrons. The molecule has 0 saturated heterocycles. The van der Waals surface area contributed by atoms with Crippen LogP contribution in [-0.4, -0.2) is 21.2 Å². The van der Waals surface area contributed by atoms with E-state index < -0.39 is 35.1 Å². The molecular formula is C23H16F4N4O2. The van der Waals surface area contributed by atoms with E-state index in [0.29, 0.717) is 11.7 Å². The number of anilines is 2. The lowest BCUT2D eigenvalue weighted by atomic mass is 10.1. The smallest absolute Gasteiger partial charge is 0.322 e. The molecule has 10 heteroatoms. The lowest BCUT2D eigenvalue weighted by Gasteiger charge is -2.15. The average molecular weight is 456 g/mol. The van der Waals surface area contributed by atoms with Gasteiger partial charge in [-0.1, -0.05) is 18.2 Å². The second kappa shape index (κ2) is 8.38. The molecule has 2 aromatic carbocycles. The quantitative estimate of drug-likeness (QED) is 0.409. The third-order valence-electron chi connectivity index (χ3n) is 4.88. The highest BCUT2D eigenvalue weighted by atomic mass is 19.4. The fourth-order valence-corrected chi connectivity index (χ4v) is 3.25. The summed E-state index contributed by atoms with van der Waals surface area (Å²) in [5.74, 6) is -2.54. The Morgan fingerprint density at radius 3 is 2.39 bits per heavy atom. The van der Waals surface area contributed by atoms with E-state index in [4.69, 9.17) is 0 Å². The van der Waals surface area contributed by atoms with Gasteiger partial charge in [0, 0.05) is 17.6 Å². The van der Waals surface area contributed by atoms with E-state index >= 15 is 0 Å². The van der Waals surface area contributed by atoms with Gasteiger partial charge in [-0.05, 0) is 49.4 Å². The maximum Gasteiger partial charge on any atom is 0.418 e. The van der Waals surface area contributed by atoms with E-state index in [1.165, 1.54) is 30.5 Å². The molecule has 0 bridgehead atoms. The van der Waals surface area contributed by atoms with E-state index in [0.717, 1.165) is 17.8 Å². The Bertz CT molecular complexity index is 1380. The van der Waals surface area contributed by atoms with Crippen LogP contribution in [0.3, 0.4) is 0 Å². The van der Waals surface area contributed by atoms with Crippen LogP contribution in [0.1, 0.15) is 32.1 Å². The summed E-state index contributed by atoms with van der Waals surface area (Å²) in [6, 6.07) is 13.2. The third kappa shape index (κ3) is 4.54. The van der Waals surface area contributed by atoms with E-state index in [-0.39, 0.29) is 16.9 Å². The van der Waals surface area contributed by atoms with Crippen molar-refractivity contribution in [3.63, 3.8) is 0 Å². The van der Waals surface area contributed by atoms with E-state index in [9.17, 15) is 27.2 Å². The molecule has 2 aromatic heterocycles. The number of alkyl halides is 3. The standard InChI is InChI=1S/C23H16F4N4O2/c1-13-5-4-8-20-29-19(12-31(13)20)22(33)30-18-10-9-14(11-16(18)23(25,26)27)28-21(32)15-6-2-3-7-17(15)24/h2-12H,1H3,(H,28,32)(H,30,33). The molecule has 0 fully saturated rings. The Morgan fingerprint density at radius 2 is 1.70 bits per heavy atom. The normalized spacial score (nSPS) is 11.4. The van der Waals surface area contributed by atoms with Gasteiger partial charge in [0.2, 0.25) is 0 Å². The predicted molar refractivity (Wildman–Crippen MR) is 114 cm³/mol. The van der Waals surface area contributed by atoms with Gasteiger partial charge in [0.05, 0.1) is 16.8 Å². The van der Waals surface area contributed by atoms with Crippen molar-refractivity contribution in [2.75, 3.05) is 10.6 Å². The number of pyridine rings is 1. The third-order valence-corrected chi connectivity index (χ3v) is 4.88. The Kier molecular flexibility index (Phi) is 5.59. The van der Waals surface area contributed by atoms with Crippen LogP contribution in [0.4, 0.5) is 28.9 Å². The van der Waals surface area contributed by atoms with Crippen LogP contribution in [0.15, 0.2) is 66.9 Å². The summed E-state index contributed by atoms with van der Waals surface area (Å²) in [4.78, 5) is 29.0. The van der Waals surface area contributed by atoms with Crippen molar-refractivity contribution in [3.8, 4) is 0 Å². The topological polar surface area (TPSA) is 75.5 Å². The zero-order valence-corrected chi connectivity index (χ0v) is 17.1. The molecule has 6 nitrogen and oxygen atoms in total. The number of aromatic nitrogens is 2.